The highest BCUT2D eigenvalue weighted by molar-refractivity contribution is 6.13. The average molecular weight is 262 g/mol. The normalized spacial score (nSPS) is 22.4. The van der Waals surface area contributed by atoms with E-state index in [4.69, 9.17) is 10.3 Å². The lowest BCUT2D eigenvalue weighted by molar-refractivity contribution is -0.111. The summed E-state index contributed by atoms with van der Waals surface area (Å²) in [4.78, 5) is 12.1. The minimum Gasteiger partial charge on any atom is -0.445 e. The lowest BCUT2D eigenvalue weighted by Crippen LogP contribution is -2.25. The first-order valence-corrected chi connectivity index (χ1v) is 6.31. The number of nitrogens with one attached hydrogen (secondary N) is 1. The van der Waals surface area contributed by atoms with E-state index in [1.54, 1.807) is 12.3 Å². The van der Waals surface area contributed by atoms with Gasteiger partial charge in [0.05, 0.1) is 6.26 Å². The largest absolute Gasteiger partial charge is 0.445 e. The Bertz CT molecular complexity index is 781. The molecule has 96 valence electrons. The van der Waals surface area contributed by atoms with Crippen molar-refractivity contribution < 1.29 is 9.53 Å². The molecule has 1 aromatic rings. The van der Waals surface area contributed by atoms with E-state index in [9.17, 15) is 4.79 Å². The van der Waals surface area contributed by atoms with Crippen LogP contribution in [-0.2, 0) is 9.53 Å². The molecular weight excluding hydrogens is 252 g/mol. The molecule has 0 fully saturated rings. The van der Waals surface area contributed by atoms with Gasteiger partial charge in [-0.1, -0.05) is 24.3 Å². The van der Waals surface area contributed by atoms with Crippen LogP contribution in [0.4, 0.5) is 0 Å². The fraction of sp³-hybridized carbons (Fsp3) is 0.0625. The molecule has 3 aliphatic rings. The highest BCUT2D eigenvalue weighted by atomic mass is 16.5. The van der Waals surface area contributed by atoms with Gasteiger partial charge in [0.1, 0.15) is 0 Å². The second-order valence-corrected chi connectivity index (χ2v) is 4.88. The molecule has 2 aliphatic carbocycles. The minimum absolute atomic E-state index is 0.00498. The van der Waals surface area contributed by atoms with Crippen LogP contribution in [0.25, 0.3) is 11.6 Å². The van der Waals surface area contributed by atoms with Crippen molar-refractivity contribution in [2.24, 2.45) is 11.0 Å². The summed E-state index contributed by atoms with van der Waals surface area (Å²) in [5.41, 5.74) is 11.7. The molecule has 4 rings (SSSR count). The van der Waals surface area contributed by atoms with E-state index in [-0.39, 0.29) is 17.6 Å². The van der Waals surface area contributed by atoms with Gasteiger partial charge >= 0.3 is 0 Å². The lowest BCUT2D eigenvalue weighted by atomic mass is 9.71. The maximum absolute atomic E-state index is 12.1. The summed E-state index contributed by atoms with van der Waals surface area (Å²) in [6.07, 6.45) is 6.76. The second-order valence-electron chi connectivity index (χ2n) is 4.88. The van der Waals surface area contributed by atoms with E-state index in [1.165, 1.54) is 6.08 Å². The number of benzene rings is 1. The van der Waals surface area contributed by atoms with Crippen LogP contribution >= 0.6 is 0 Å². The number of hydrogen-bond donors (Lipinski definition) is 1. The molecule has 1 aliphatic heterocycles. The third kappa shape index (κ3) is 1.33. The summed E-state index contributed by atoms with van der Waals surface area (Å²) in [6, 6.07) is 7.91. The van der Waals surface area contributed by atoms with Gasteiger partial charge in [-0.2, -0.15) is 0 Å². The predicted octanol–water partition coefficient (Wildman–Crippen LogP) is 3.45. The summed E-state index contributed by atoms with van der Waals surface area (Å²) in [5.74, 6) is 0.0958. The van der Waals surface area contributed by atoms with E-state index >= 15 is 0 Å². The Morgan fingerprint density at radius 3 is 2.85 bits per heavy atom. The molecule has 0 amide bonds. The van der Waals surface area contributed by atoms with Crippen molar-refractivity contribution in [1.82, 2.24) is 0 Å². The van der Waals surface area contributed by atoms with E-state index in [2.05, 4.69) is 5.11 Å². The van der Waals surface area contributed by atoms with Crippen molar-refractivity contribution in [3.8, 4) is 0 Å². The molecule has 1 heterocycles. The SMILES string of the molecule is N=NC1=C2C=CC(=O)C3=Cc4ccccc4C(=CO1)C32. The maximum Gasteiger partial charge on any atom is 0.241 e. The van der Waals surface area contributed by atoms with Crippen molar-refractivity contribution in [2.45, 2.75) is 0 Å². The molecule has 0 saturated carbocycles. The number of fused-ring (bicyclic) bond motifs is 2. The second kappa shape index (κ2) is 3.87. The highest BCUT2D eigenvalue weighted by Crippen LogP contribution is 2.47. The van der Waals surface area contributed by atoms with Crippen LogP contribution in [0.1, 0.15) is 11.1 Å². The van der Waals surface area contributed by atoms with Gasteiger partial charge in [0.25, 0.3) is 0 Å². The van der Waals surface area contributed by atoms with Gasteiger partial charge < -0.3 is 4.74 Å². The highest BCUT2D eigenvalue weighted by Gasteiger charge is 2.38. The van der Waals surface area contributed by atoms with Crippen LogP contribution in [0.5, 0.6) is 0 Å². The molecule has 1 atom stereocenters. The molecule has 0 saturated heterocycles. The van der Waals surface area contributed by atoms with Crippen molar-refractivity contribution >= 4 is 17.4 Å². The van der Waals surface area contributed by atoms with Crippen molar-refractivity contribution in [2.75, 3.05) is 0 Å². The Morgan fingerprint density at radius 2 is 2.00 bits per heavy atom. The van der Waals surface area contributed by atoms with E-state index in [1.807, 2.05) is 30.3 Å². The van der Waals surface area contributed by atoms with Crippen LogP contribution in [0, 0.1) is 11.4 Å². The first-order valence-electron chi connectivity index (χ1n) is 6.31. The number of ketones is 1. The summed E-state index contributed by atoms with van der Waals surface area (Å²) in [5, 5.41) is 3.41. The van der Waals surface area contributed by atoms with Gasteiger partial charge in [-0.15, -0.1) is 5.11 Å². The van der Waals surface area contributed by atoms with Crippen molar-refractivity contribution in [3.05, 3.63) is 70.8 Å². The zero-order chi connectivity index (χ0) is 13.7. The number of ether oxygens (including phenoxy) is 1. The number of hydrogen-bond acceptors (Lipinski definition) is 4. The summed E-state index contributed by atoms with van der Waals surface area (Å²) in [7, 11) is 0. The smallest absolute Gasteiger partial charge is 0.241 e. The zero-order valence-corrected chi connectivity index (χ0v) is 10.5. The van der Waals surface area contributed by atoms with Crippen molar-refractivity contribution in [3.63, 3.8) is 0 Å². The van der Waals surface area contributed by atoms with Gasteiger partial charge in [0.15, 0.2) is 5.78 Å². The summed E-state index contributed by atoms with van der Waals surface area (Å²) >= 11 is 0. The van der Waals surface area contributed by atoms with Gasteiger partial charge in [-0.25, -0.2) is 5.53 Å². The third-order valence-electron chi connectivity index (χ3n) is 3.86. The van der Waals surface area contributed by atoms with Crippen LogP contribution in [0.15, 0.2) is 64.8 Å². The third-order valence-corrected chi connectivity index (χ3v) is 3.86. The number of nitrogens with zero attached hydrogens (tertiary/aromatic N) is 1. The number of carbonyl (C=O) groups is 1. The number of rotatable bonds is 1. The predicted molar refractivity (Wildman–Crippen MR) is 73.3 cm³/mol. The molecule has 1 aromatic carbocycles. The molecule has 0 bridgehead atoms. The van der Waals surface area contributed by atoms with E-state index in [0.29, 0.717) is 0 Å². The minimum atomic E-state index is -0.166. The van der Waals surface area contributed by atoms with Crippen LogP contribution in [-0.4, -0.2) is 5.78 Å². The Morgan fingerprint density at radius 1 is 1.15 bits per heavy atom. The molecule has 1 unspecified atom stereocenters. The molecule has 4 heteroatoms. The van der Waals surface area contributed by atoms with Crippen LogP contribution in [0.2, 0.25) is 0 Å². The van der Waals surface area contributed by atoms with Gasteiger partial charge in [0, 0.05) is 22.6 Å². The van der Waals surface area contributed by atoms with Gasteiger partial charge in [0.2, 0.25) is 5.88 Å². The molecule has 1 N–H and O–H groups in total. The fourth-order valence-corrected chi connectivity index (χ4v) is 2.97. The topological polar surface area (TPSA) is 62.5 Å². The van der Waals surface area contributed by atoms with Crippen molar-refractivity contribution in [1.29, 1.82) is 5.53 Å². The number of allylic oxidation sites excluding steroid dienone is 5. The molecule has 0 radical (unpaired) electrons. The van der Waals surface area contributed by atoms with Crippen LogP contribution < -0.4 is 0 Å². The first kappa shape index (κ1) is 11.1. The van der Waals surface area contributed by atoms with E-state index in [0.717, 1.165) is 27.8 Å². The summed E-state index contributed by atoms with van der Waals surface area (Å²) < 4.78 is 5.45. The monoisotopic (exact) mass is 262 g/mol. The van der Waals surface area contributed by atoms with Gasteiger partial charge in [-0.05, 0) is 29.4 Å². The average Bonchev–Trinajstić information content (AvgIpc) is 2.50. The first-order chi connectivity index (χ1) is 9.79. The molecule has 0 aromatic heterocycles. The van der Waals surface area contributed by atoms with Crippen LogP contribution in [0.3, 0.4) is 0 Å². The lowest BCUT2D eigenvalue weighted by Gasteiger charge is -2.33. The molecule has 20 heavy (non-hydrogen) atoms. The van der Waals surface area contributed by atoms with E-state index < -0.39 is 0 Å². The standard InChI is InChI=1S/C16H10N2O2/c17-18-16-11-5-6-14(19)12-7-9-3-1-2-4-10(9)13(8-20-16)15(11)12/h1-8,15,17H. The van der Waals surface area contributed by atoms with Gasteiger partial charge in [-0.3, -0.25) is 4.79 Å². The molecule has 0 spiro atoms. The Kier molecular flexibility index (Phi) is 2.15. The maximum atomic E-state index is 12.1. The fourth-order valence-electron chi connectivity index (χ4n) is 2.97. The molecule has 4 nitrogen and oxygen atoms in total. The Labute approximate surface area is 115 Å². The quantitative estimate of drug-likeness (QED) is 0.788. The summed E-state index contributed by atoms with van der Waals surface area (Å²) in [6.45, 7) is 0. The zero-order valence-electron chi connectivity index (χ0n) is 10.5. The Hall–Kier alpha value is -2.75. The Balaban J connectivity index is 2.04. The number of carbonyl (C=O) groups excluding carboxylic acids is 1. The molecular formula is C16H10N2O2.